The normalized spacial score (nSPS) is 15.5. The Morgan fingerprint density at radius 1 is 1.17 bits per heavy atom. The van der Waals surface area contributed by atoms with Crippen LogP contribution in [0.2, 0.25) is 4.34 Å². The molecule has 0 aliphatic carbocycles. The lowest BCUT2D eigenvalue weighted by Gasteiger charge is -2.32. The second-order valence-corrected chi connectivity index (χ2v) is 13.9. The lowest BCUT2D eigenvalue weighted by atomic mass is 9.96. The van der Waals surface area contributed by atoms with E-state index in [1.54, 1.807) is 23.4 Å². The molecule has 0 atom stereocenters. The standard InChI is InChI=1S/C23H20BrClN4O3S3/c24-17-3-4-18-19(12-17)33-23(27-18)29(14-15-2-1-9-26-13-15)22(30)16-7-10-28(11-8-16)35(31,32)21-6-5-20(25)34-21/h1-6,9,12-13,16H,7-8,10-11,14H2. The summed E-state index contributed by atoms with van der Waals surface area (Å²) in [6.07, 6.45) is 4.32. The van der Waals surface area contributed by atoms with E-state index in [0.717, 1.165) is 31.6 Å². The first-order chi connectivity index (χ1) is 16.8. The maximum atomic E-state index is 13.8. The molecule has 1 fully saturated rings. The molecule has 7 nitrogen and oxygen atoms in total. The van der Waals surface area contributed by atoms with Crippen LogP contribution in [0.5, 0.6) is 0 Å². The van der Waals surface area contributed by atoms with E-state index in [9.17, 15) is 13.2 Å². The number of thiazole rings is 1. The summed E-state index contributed by atoms with van der Waals surface area (Å²) in [7, 11) is -3.61. The molecule has 1 aliphatic rings. The number of anilines is 1. The number of amides is 1. The second kappa shape index (κ2) is 10.2. The van der Waals surface area contributed by atoms with E-state index in [0.29, 0.717) is 28.9 Å². The number of sulfonamides is 1. The van der Waals surface area contributed by atoms with Crippen LogP contribution in [0.1, 0.15) is 18.4 Å². The third kappa shape index (κ3) is 5.30. The monoisotopic (exact) mass is 610 g/mol. The first-order valence-electron chi connectivity index (χ1n) is 10.8. The van der Waals surface area contributed by atoms with Gasteiger partial charge in [0.25, 0.3) is 10.0 Å². The van der Waals surface area contributed by atoms with Gasteiger partial charge in [-0.15, -0.1) is 11.3 Å². The number of rotatable bonds is 6. The van der Waals surface area contributed by atoms with Crippen LogP contribution in [0.3, 0.4) is 0 Å². The summed E-state index contributed by atoms with van der Waals surface area (Å²) in [5.74, 6) is -0.355. The van der Waals surface area contributed by atoms with Crippen LogP contribution in [-0.2, 0) is 21.4 Å². The van der Waals surface area contributed by atoms with Gasteiger partial charge in [-0.1, -0.05) is 44.9 Å². The van der Waals surface area contributed by atoms with Crippen LogP contribution in [-0.4, -0.2) is 41.7 Å². The van der Waals surface area contributed by atoms with Crippen molar-refractivity contribution in [2.45, 2.75) is 23.6 Å². The summed E-state index contributed by atoms with van der Waals surface area (Å²) in [4.78, 5) is 24.4. The number of pyridine rings is 1. The Labute approximate surface area is 224 Å². The number of aromatic nitrogens is 2. The van der Waals surface area contributed by atoms with Gasteiger partial charge in [0, 0.05) is 35.9 Å². The lowest BCUT2D eigenvalue weighted by molar-refractivity contribution is -0.123. The number of carbonyl (C=O) groups excluding carboxylic acids is 1. The number of halogens is 2. The van der Waals surface area contributed by atoms with E-state index in [1.807, 2.05) is 30.3 Å². The number of thiophene rings is 1. The Balaban J connectivity index is 1.37. The van der Waals surface area contributed by atoms with Gasteiger partial charge in [-0.2, -0.15) is 4.31 Å². The van der Waals surface area contributed by atoms with Crippen LogP contribution in [0.15, 0.2) is 63.5 Å². The van der Waals surface area contributed by atoms with Crippen molar-refractivity contribution in [2.75, 3.05) is 18.0 Å². The van der Waals surface area contributed by atoms with Crippen molar-refractivity contribution in [1.82, 2.24) is 14.3 Å². The lowest BCUT2D eigenvalue weighted by Crippen LogP contribution is -2.44. The Morgan fingerprint density at radius 3 is 2.66 bits per heavy atom. The molecular weight excluding hydrogens is 592 g/mol. The fourth-order valence-corrected chi connectivity index (χ4v) is 8.67. The average molecular weight is 612 g/mol. The third-order valence-corrected chi connectivity index (χ3v) is 11.0. The number of hydrogen-bond acceptors (Lipinski definition) is 7. The molecule has 1 amide bonds. The van der Waals surface area contributed by atoms with Gasteiger partial charge in [-0.3, -0.25) is 14.7 Å². The minimum absolute atomic E-state index is 0.0526. The maximum Gasteiger partial charge on any atom is 0.252 e. The predicted octanol–water partition coefficient (Wildman–Crippen LogP) is 5.80. The van der Waals surface area contributed by atoms with E-state index in [-0.39, 0.29) is 29.1 Å². The van der Waals surface area contributed by atoms with Crippen LogP contribution < -0.4 is 4.90 Å². The van der Waals surface area contributed by atoms with Crippen molar-refractivity contribution < 1.29 is 13.2 Å². The zero-order valence-electron chi connectivity index (χ0n) is 18.3. The van der Waals surface area contributed by atoms with Crippen LogP contribution in [0, 0.1) is 5.92 Å². The van der Waals surface area contributed by atoms with E-state index in [2.05, 4.69) is 20.9 Å². The van der Waals surface area contributed by atoms with Gasteiger partial charge >= 0.3 is 0 Å². The van der Waals surface area contributed by atoms with E-state index in [4.69, 9.17) is 16.6 Å². The molecule has 0 radical (unpaired) electrons. The first kappa shape index (κ1) is 24.8. The molecule has 0 N–H and O–H groups in total. The molecule has 0 spiro atoms. The van der Waals surface area contributed by atoms with Gasteiger partial charge in [0.2, 0.25) is 5.91 Å². The molecule has 1 aromatic carbocycles. The number of carbonyl (C=O) groups is 1. The van der Waals surface area contributed by atoms with Crippen molar-refractivity contribution in [3.05, 3.63) is 69.2 Å². The van der Waals surface area contributed by atoms with E-state index in [1.165, 1.54) is 21.7 Å². The van der Waals surface area contributed by atoms with Crippen molar-refractivity contribution in [3.8, 4) is 0 Å². The Bertz CT molecular complexity index is 1470. The fraction of sp³-hybridized carbons (Fsp3) is 0.261. The Kier molecular flexibility index (Phi) is 7.25. The summed E-state index contributed by atoms with van der Waals surface area (Å²) in [5.41, 5.74) is 1.73. The maximum absolute atomic E-state index is 13.8. The molecule has 35 heavy (non-hydrogen) atoms. The van der Waals surface area contributed by atoms with Gasteiger partial charge in [0.05, 0.1) is 21.1 Å². The van der Waals surface area contributed by atoms with Crippen molar-refractivity contribution in [3.63, 3.8) is 0 Å². The SMILES string of the molecule is O=C(C1CCN(S(=O)(=O)c2ccc(Cl)s2)CC1)N(Cc1cccnc1)c1nc2ccc(Br)cc2s1. The van der Waals surface area contributed by atoms with Crippen molar-refractivity contribution in [1.29, 1.82) is 0 Å². The van der Waals surface area contributed by atoms with Gasteiger partial charge in [0.1, 0.15) is 4.21 Å². The number of fused-ring (bicyclic) bond motifs is 1. The molecular formula is C23H20BrClN4O3S3. The topological polar surface area (TPSA) is 83.5 Å². The van der Waals surface area contributed by atoms with E-state index >= 15 is 0 Å². The number of hydrogen-bond donors (Lipinski definition) is 0. The molecule has 4 heterocycles. The van der Waals surface area contributed by atoms with Crippen LogP contribution in [0.25, 0.3) is 10.2 Å². The number of nitrogens with zero attached hydrogens (tertiary/aromatic N) is 4. The minimum Gasteiger partial charge on any atom is -0.283 e. The molecule has 1 saturated heterocycles. The highest BCUT2D eigenvalue weighted by Crippen LogP contribution is 2.35. The van der Waals surface area contributed by atoms with Gasteiger partial charge in [0.15, 0.2) is 5.13 Å². The molecule has 182 valence electrons. The highest BCUT2D eigenvalue weighted by molar-refractivity contribution is 9.10. The second-order valence-electron chi connectivity index (χ2n) is 8.13. The summed E-state index contributed by atoms with van der Waals surface area (Å²) in [5, 5.41) is 0.621. The highest BCUT2D eigenvalue weighted by Gasteiger charge is 2.35. The smallest absolute Gasteiger partial charge is 0.252 e. The molecule has 5 rings (SSSR count). The molecule has 1 aliphatic heterocycles. The predicted molar refractivity (Wildman–Crippen MR) is 144 cm³/mol. The molecule has 0 unspecified atom stereocenters. The van der Waals surface area contributed by atoms with Crippen LogP contribution >= 0.6 is 50.2 Å². The van der Waals surface area contributed by atoms with E-state index < -0.39 is 10.0 Å². The van der Waals surface area contributed by atoms with Gasteiger partial charge < -0.3 is 0 Å². The number of benzene rings is 1. The average Bonchev–Trinajstić information content (AvgIpc) is 3.49. The fourth-order valence-electron chi connectivity index (χ4n) is 4.04. The van der Waals surface area contributed by atoms with Crippen molar-refractivity contribution >= 4 is 81.5 Å². The molecule has 12 heteroatoms. The largest absolute Gasteiger partial charge is 0.283 e. The zero-order chi connectivity index (χ0) is 24.6. The Morgan fingerprint density at radius 2 is 1.97 bits per heavy atom. The minimum atomic E-state index is -3.61. The summed E-state index contributed by atoms with van der Waals surface area (Å²) < 4.78 is 30.0. The van der Waals surface area contributed by atoms with Crippen LogP contribution in [0.4, 0.5) is 5.13 Å². The zero-order valence-corrected chi connectivity index (χ0v) is 23.1. The first-order valence-corrected chi connectivity index (χ1v) is 15.1. The summed E-state index contributed by atoms with van der Waals surface area (Å²) in [6.45, 7) is 0.906. The molecule has 0 saturated carbocycles. The molecule has 3 aromatic heterocycles. The molecule has 0 bridgehead atoms. The molecule has 4 aromatic rings. The third-order valence-electron chi connectivity index (χ3n) is 5.85. The Hall–Kier alpha value is -1.89. The van der Waals surface area contributed by atoms with Gasteiger partial charge in [-0.05, 0) is 54.8 Å². The summed E-state index contributed by atoms with van der Waals surface area (Å²) in [6, 6.07) is 12.7. The highest BCUT2D eigenvalue weighted by atomic mass is 79.9. The summed E-state index contributed by atoms with van der Waals surface area (Å²) >= 11 is 11.9. The quantitative estimate of drug-likeness (QED) is 0.275. The van der Waals surface area contributed by atoms with Gasteiger partial charge in [-0.25, -0.2) is 13.4 Å². The number of piperidine rings is 1. The van der Waals surface area contributed by atoms with Crippen molar-refractivity contribution in [2.24, 2.45) is 5.92 Å².